The van der Waals surface area contributed by atoms with Crippen LogP contribution in [0.1, 0.15) is 31.9 Å². The Kier molecular flexibility index (Phi) is 4.51. The van der Waals surface area contributed by atoms with Gasteiger partial charge >= 0.3 is 0 Å². The van der Waals surface area contributed by atoms with E-state index in [4.69, 9.17) is 0 Å². The van der Waals surface area contributed by atoms with E-state index in [-0.39, 0.29) is 0 Å². The van der Waals surface area contributed by atoms with Crippen LogP contribution >= 0.6 is 0 Å². The summed E-state index contributed by atoms with van der Waals surface area (Å²) in [6.45, 7) is 9.23. The molecule has 2 heterocycles. The van der Waals surface area contributed by atoms with Crippen molar-refractivity contribution >= 4 is 0 Å². The van der Waals surface area contributed by atoms with Crippen LogP contribution in [0.3, 0.4) is 0 Å². The summed E-state index contributed by atoms with van der Waals surface area (Å²) in [4.78, 5) is 6.81. The van der Waals surface area contributed by atoms with Gasteiger partial charge in [-0.3, -0.25) is 9.88 Å². The van der Waals surface area contributed by atoms with Gasteiger partial charge in [0.25, 0.3) is 0 Å². The molecule has 2 rings (SSSR count). The molecule has 0 saturated carbocycles. The lowest BCUT2D eigenvalue weighted by atomic mass is 10.0. The number of hydrogen-bond donors (Lipinski definition) is 1. The molecule has 0 aromatic carbocycles. The molecule has 1 aromatic heterocycles. The van der Waals surface area contributed by atoms with Gasteiger partial charge in [0.2, 0.25) is 0 Å². The van der Waals surface area contributed by atoms with Gasteiger partial charge in [0, 0.05) is 25.0 Å². The fourth-order valence-electron chi connectivity index (χ4n) is 2.50. The number of nitrogens with one attached hydrogen (secondary N) is 1. The minimum absolute atomic E-state index is 0.476. The first-order chi connectivity index (χ1) is 8.27. The number of nitrogens with zero attached hydrogens (tertiary/aromatic N) is 2. The molecule has 1 aliphatic rings. The number of aromatic nitrogens is 1. The van der Waals surface area contributed by atoms with Crippen LogP contribution in [0.2, 0.25) is 0 Å². The molecule has 3 nitrogen and oxygen atoms in total. The second-order valence-electron chi connectivity index (χ2n) is 5.12. The lowest BCUT2D eigenvalue weighted by Gasteiger charge is -2.33. The Morgan fingerprint density at radius 2 is 2.41 bits per heavy atom. The van der Waals surface area contributed by atoms with Gasteiger partial charge in [-0.05, 0) is 50.5 Å². The Bertz CT molecular complexity index is 325. The van der Waals surface area contributed by atoms with Crippen molar-refractivity contribution in [1.82, 2.24) is 15.2 Å². The van der Waals surface area contributed by atoms with Gasteiger partial charge in [-0.15, -0.1) is 0 Å². The van der Waals surface area contributed by atoms with E-state index in [1.807, 2.05) is 18.5 Å². The van der Waals surface area contributed by atoms with Crippen molar-refractivity contribution in [2.24, 2.45) is 5.92 Å². The molecule has 17 heavy (non-hydrogen) atoms. The summed E-state index contributed by atoms with van der Waals surface area (Å²) in [6, 6.07) is 4.68. The predicted molar refractivity (Wildman–Crippen MR) is 70.9 cm³/mol. The Hall–Kier alpha value is -0.930. The lowest BCUT2D eigenvalue weighted by Crippen LogP contribution is -2.40. The van der Waals surface area contributed by atoms with Gasteiger partial charge in [-0.1, -0.05) is 13.0 Å². The van der Waals surface area contributed by atoms with Crippen molar-refractivity contribution in [1.29, 1.82) is 0 Å². The molecule has 0 amide bonds. The molecule has 94 valence electrons. The Labute approximate surface area is 104 Å². The average Bonchev–Trinajstić information content (AvgIpc) is 2.34. The third-order valence-electron chi connectivity index (χ3n) is 3.55. The Morgan fingerprint density at radius 3 is 3.18 bits per heavy atom. The minimum atomic E-state index is 0.476. The highest BCUT2D eigenvalue weighted by Gasteiger charge is 2.19. The summed E-state index contributed by atoms with van der Waals surface area (Å²) in [5, 5.41) is 3.50. The molecular formula is C14H23N3. The summed E-state index contributed by atoms with van der Waals surface area (Å²) >= 11 is 0. The lowest BCUT2D eigenvalue weighted by molar-refractivity contribution is 0.167. The summed E-state index contributed by atoms with van der Waals surface area (Å²) in [5.41, 5.74) is 1.33. The first-order valence-electron chi connectivity index (χ1n) is 6.62. The molecule has 0 spiro atoms. The van der Waals surface area contributed by atoms with E-state index in [1.54, 1.807) is 0 Å². The van der Waals surface area contributed by atoms with Crippen molar-refractivity contribution in [3.05, 3.63) is 30.1 Å². The van der Waals surface area contributed by atoms with E-state index in [0.717, 1.165) is 19.0 Å². The van der Waals surface area contributed by atoms with Gasteiger partial charge < -0.3 is 5.32 Å². The van der Waals surface area contributed by atoms with Gasteiger partial charge in [-0.2, -0.15) is 0 Å². The summed E-state index contributed by atoms with van der Waals surface area (Å²) < 4.78 is 0. The Balaban J connectivity index is 2.03. The molecule has 1 saturated heterocycles. The molecule has 0 aliphatic carbocycles. The SMILES string of the molecule is CC1CNCCCN(C(C)c2cccnc2)C1. The van der Waals surface area contributed by atoms with E-state index >= 15 is 0 Å². The van der Waals surface area contributed by atoms with E-state index < -0.39 is 0 Å². The van der Waals surface area contributed by atoms with Crippen LogP contribution in [0.5, 0.6) is 0 Å². The van der Waals surface area contributed by atoms with Crippen LogP contribution in [-0.4, -0.2) is 36.1 Å². The Morgan fingerprint density at radius 1 is 1.53 bits per heavy atom. The zero-order valence-electron chi connectivity index (χ0n) is 10.9. The maximum atomic E-state index is 4.22. The first-order valence-corrected chi connectivity index (χ1v) is 6.62. The zero-order valence-corrected chi connectivity index (χ0v) is 10.9. The normalized spacial score (nSPS) is 24.9. The maximum Gasteiger partial charge on any atom is 0.0335 e. The fourth-order valence-corrected chi connectivity index (χ4v) is 2.50. The smallest absolute Gasteiger partial charge is 0.0335 e. The summed E-state index contributed by atoms with van der Waals surface area (Å²) in [7, 11) is 0. The molecular weight excluding hydrogens is 210 g/mol. The van der Waals surface area contributed by atoms with Gasteiger partial charge in [-0.25, -0.2) is 0 Å². The van der Waals surface area contributed by atoms with Crippen LogP contribution in [-0.2, 0) is 0 Å². The topological polar surface area (TPSA) is 28.2 Å². The quantitative estimate of drug-likeness (QED) is 0.847. The zero-order chi connectivity index (χ0) is 12.1. The molecule has 1 fully saturated rings. The van der Waals surface area contributed by atoms with E-state index in [1.165, 1.54) is 25.1 Å². The average molecular weight is 233 g/mol. The highest BCUT2D eigenvalue weighted by atomic mass is 15.2. The summed E-state index contributed by atoms with van der Waals surface area (Å²) in [5.74, 6) is 0.717. The molecule has 2 unspecified atom stereocenters. The predicted octanol–water partition coefficient (Wildman–Crippen LogP) is 2.07. The largest absolute Gasteiger partial charge is 0.316 e. The molecule has 1 N–H and O–H groups in total. The van der Waals surface area contributed by atoms with Gasteiger partial charge in [0.1, 0.15) is 0 Å². The van der Waals surface area contributed by atoms with Crippen LogP contribution < -0.4 is 5.32 Å². The highest BCUT2D eigenvalue weighted by Crippen LogP contribution is 2.21. The van der Waals surface area contributed by atoms with Gasteiger partial charge in [0.05, 0.1) is 0 Å². The highest BCUT2D eigenvalue weighted by molar-refractivity contribution is 5.13. The van der Waals surface area contributed by atoms with E-state index in [0.29, 0.717) is 6.04 Å². The standard InChI is InChI=1S/C14H23N3/c1-12-9-15-7-4-8-17(11-12)13(2)14-5-3-6-16-10-14/h3,5-6,10,12-13,15H,4,7-9,11H2,1-2H3. The molecule has 0 bridgehead atoms. The van der Waals surface area contributed by atoms with Crippen molar-refractivity contribution in [3.63, 3.8) is 0 Å². The fraction of sp³-hybridized carbons (Fsp3) is 0.643. The maximum absolute atomic E-state index is 4.22. The molecule has 1 aliphatic heterocycles. The third-order valence-corrected chi connectivity index (χ3v) is 3.55. The van der Waals surface area contributed by atoms with Crippen molar-refractivity contribution < 1.29 is 0 Å². The number of hydrogen-bond acceptors (Lipinski definition) is 3. The first kappa shape index (κ1) is 12.5. The second-order valence-corrected chi connectivity index (χ2v) is 5.12. The van der Waals surface area contributed by atoms with Crippen LogP contribution in [0.25, 0.3) is 0 Å². The molecule has 1 aromatic rings. The van der Waals surface area contributed by atoms with Gasteiger partial charge in [0.15, 0.2) is 0 Å². The van der Waals surface area contributed by atoms with E-state index in [2.05, 4.69) is 35.1 Å². The van der Waals surface area contributed by atoms with E-state index in [9.17, 15) is 0 Å². The van der Waals surface area contributed by atoms with Crippen molar-refractivity contribution in [2.75, 3.05) is 26.2 Å². The van der Waals surface area contributed by atoms with Crippen LogP contribution in [0.15, 0.2) is 24.5 Å². The van der Waals surface area contributed by atoms with Crippen LogP contribution in [0.4, 0.5) is 0 Å². The number of pyridine rings is 1. The number of rotatable bonds is 2. The van der Waals surface area contributed by atoms with Crippen LogP contribution in [0, 0.1) is 5.92 Å². The van der Waals surface area contributed by atoms with Crippen molar-refractivity contribution in [3.8, 4) is 0 Å². The molecule has 0 radical (unpaired) electrons. The van der Waals surface area contributed by atoms with Crippen molar-refractivity contribution in [2.45, 2.75) is 26.3 Å². The summed E-state index contributed by atoms with van der Waals surface area (Å²) in [6.07, 6.45) is 5.07. The third kappa shape index (κ3) is 3.51. The minimum Gasteiger partial charge on any atom is -0.316 e. The second kappa shape index (κ2) is 6.12. The monoisotopic (exact) mass is 233 g/mol. The molecule has 2 atom stereocenters. The molecule has 3 heteroatoms.